The van der Waals surface area contributed by atoms with Crippen LogP contribution >= 0.6 is 0 Å². The molecule has 8 nitrogen and oxygen atoms in total. The van der Waals surface area contributed by atoms with Gasteiger partial charge in [0, 0.05) is 11.8 Å². The van der Waals surface area contributed by atoms with Crippen LogP contribution in [0.1, 0.15) is 50.4 Å². The van der Waals surface area contributed by atoms with Crippen LogP contribution in [0.4, 0.5) is 10.2 Å². The molecule has 0 fully saturated rings. The Labute approximate surface area is 174 Å². The summed E-state index contributed by atoms with van der Waals surface area (Å²) < 4.78 is 21.4. The molecule has 1 aromatic carbocycles. The second kappa shape index (κ2) is 7.56. The molecule has 0 bridgehead atoms. The van der Waals surface area contributed by atoms with Crippen LogP contribution in [-0.2, 0) is 11.3 Å². The van der Waals surface area contributed by atoms with E-state index in [1.165, 1.54) is 12.1 Å². The van der Waals surface area contributed by atoms with Crippen molar-refractivity contribution in [1.29, 1.82) is 0 Å². The molecule has 158 valence electrons. The van der Waals surface area contributed by atoms with Crippen LogP contribution in [0.3, 0.4) is 0 Å². The van der Waals surface area contributed by atoms with Crippen LogP contribution in [-0.4, -0.2) is 33.3 Å². The molecule has 2 aromatic heterocycles. The predicted octanol–water partition coefficient (Wildman–Crippen LogP) is 3.63. The van der Waals surface area contributed by atoms with Crippen LogP contribution in [0.5, 0.6) is 5.75 Å². The summed E-state index contributed by atoms with van der Waals surface area (Å²) in [7, 11) is 1.60. The van der Waals surface area contributed by atoms with Gasteiger partial charge in [-0.3, -0.25) is 0 Å². The van der Waals surface area contributed by atoms with E-state index in [4.69, 9.17) is 14.6 Å². The molecule has 0 unspecified atom stereocenters. The summed E-state index contributed by atoms with van der Waals surface area (Å²) in [5.41, 5.74) is 5.11. The van der Waals surface area contributed by atoms with Crippen LogP contribution in [0, 0.1) is 5.82 Å². The Morgan fingerprint density at radius 2 is 2.17 bits per heavy atom. The van der Waals surface area contributed by atoms with Gasteiger partial charge in [-0.1, -0.05) is 6.92 Å². The molecule has 30 heavy (non-hydrogen) atoms. The van der Waals surface area contributed by atoms with Crippen molar-refractivity contribution in [2.24, 2.45) is 4.99 Å². The van der Waals surface area contributed by atoms with Gasteiger partial charge in [-0.05, 0) is 51.0 Å². The summed E-state index contributed by atoms with van der Waals surface area (Å²) in [6.07, 6.45) is 4.18. The van der Waals surface area contributed by atoms with Gasteiger partial charge in [0.25, 0.3) is 0 Å². The third-order valence-electron chi connectivity index (χ3n) is 4.98. The van der Waals surface area contributed by atoms with Crippen molar-refractivity contribution in [3.8, 4) is 5.75 Å². The van der Waals surface area contributed by atoms with Crippen LogP contribution in [0.25, 0.3) is 5.65 Å². The van der Waals surface area contributed by atoms with E-state index >= 15 is 0 Å². The SMILES string of the molecule is CCc1cc(F)cc([C@@H](C)Nc2ccn3ncc(C4=NC(C)(C)ON4)c3n2)c1OC. The summed E-state index contributed by atoms with van der Waals surface area (Å²) in [5.74, 6) is 1.60. The Balaban J connectivity index is 1.67. The number of anilines is 1. The van der Waals surface area contributed by atoms with Crippen LogP contribution < -0.4 is 15.5 Å². The second-order valence-corrected chi connectivity index (χ2v) is 7.66. The van der Waals surface area contributed by atoms with Crippen molar-refractivity contribution in [3.63, 3.8) is 0 Å². The third-order valence-corrected chi connectivity index (χ3v) is 4.98. The number of aromatic nitrogens is 3. The fraction of sp³-hybridized carbons (Fsp3) is 0.381. The Hall–Kier alpha value is -3.20. The Bertz CT molecular complexity index is 1120. The number of methoxy groups -OCH3 is 1. The van der Waals surface area contributed by atoms with E-state index in [9.17, 15) is 4.39 Å². The van der Waals surface area contributed by atoms with Gasteiger partial charge >= 0.3 is 0 Å². The number of amidine groups is 1. The first kappa shape index (κ1) is 20.1. The largest absolute Gasteiger partial charge is 0.496 e. The lowest BCUT2D eigenvalue weighted by atomic mass is 10.0. The lowest BCUT2D eigenvalue weighted by Crippen LogP contribution is -2.23. The normalized spacial score (nSPS) is 16.3. The van der Waals surface area contributed by atoms with Gasteiger partial charge in [0.15, 0.2) is 17.2 Å². The van der Waals surface area contributed by atoms with E-state index in [1.807, 2.05) is 40.0 Å². The lowest BCUT2D eigenvalue weighted by molar-refractivity contribution is -0.0269. The van der Waals surface area contributed by atoms with E-state index in [0.29, 0.717) is 29.5 Å². The average Bonchev–Trinajstić information content (AvgIpc) is 3.29. The number of nitrogens with zero attached hydrogens (tertiary/aromatic N) is 4. The Kier molecular flexibility index (Phi) is 5.07. The molecule has 0 amide bonds. The van der Waals surface area contributed by atoms with Gasteiger partial charge in [-0.15, -0.1) is 0 Å². The molecule has 1 atom stereocenters. The minimum Gasteiger partial charge on any atom is -0.496 e. The maximum absolute atomic E-state index is 14.1. The van der Waals surface area contributed by atoms with E-state index in [-0.39, 0.29) is 11.9 Å². The summed E-state index contributed by atoms with van der Waals surface area (Å²) in [5, 5.41) is 7.67. The van der Waals surface area contributed by atoms with Gasteiger partial charge < -0.3 is 10.1 Å². The van der Waals surface area contributed by atoms with Gasteiger partial charge in [-0.2, -0.15) is 5.10 Å². The topological polar surface area (TPSA) is 85.1 Å². The number of benzene rings is 1. The van der Waals surface area contributed by atoms with E-state index in [1.54, 1.807) is 17.8 Å². The molecule has 0 spiro atoms. The highest BCUT2D eigenvalue weighted by Gasteiger charge is 2.28. The molecule has 9 heteroatoms. The average molecular weight is 412 g/mol. The van der Waals surface area contributed by atoms with Crippen molar-refractivity contribution in [3.05, 3.63) is 53.1 Å². The van der Waals surface area contributed by atoms with Crippen molar-refractivity contribution in [2.75, 3.05) is 12.4 Å². The minimum atomic E-state index is -0.654. The monoisotopic (exact) mass is 412 g/mol. The highest BCUT2D eigenvalue weighted by atomic mass is 19.1. The number of fused-ring (bicyclic) bond motifs is 1. The summed E-state index contributed by atoms with van der Waals surface area (Å²) >= 11 is 0. The minimum absolute atomic E-state index is 0.230. The molecule has 0 radical (unpaired) electrons. The number of hydroxylamine groups is 1. The van der Waals surface area contributed by atoms with Crippen LogP contribution in [0.15, 0.2) is 35.6 Å². The van der Waals surface area contributed by atoms with Crippen molar-refractivity contribution >= 4 is 17.3 Å². The number of aryl methyl sites for hydroxylation is 1. The third kappa shape index (κ3) is 3.68. The fourth-order valence-corrected chi connectivity index (χ4v) is 3.53. The smallest absolute Gasteiger partial charge is 0.182 e. The first-order valence-electron chi connectivity index (χ1n) is 9.82. The number of rotatable bonds is 6. The van der Waals surface area contributed by atoms with E-state index in [2.05, 4.69) is 20.9 Å². The quantitative estimate of drug-likeness (QED) is 0.643. The molecule has 0 saturated heterocycles. The number of hydrogen-bond donors (Lipinski definition) is 2. The summed E-state index contributed by atoms with van der Waals surface area (Å²) in [4.78, 5) is 14.7. The molecule has 1 aliphatic heterocycles. The highest BCUT2D eigenvalue weighted by molar-refractivity contribution is 6.03. The molecule has 1 aliphatic rings. The van der Waals surface area contributed by atoms with E-state index in [0.717, 1.165) is 16.7 Å². The van der Waals surface area contributed by atoms with Gasteiger partial charge in [0.2, 0.25) is 0 Å². The second-order valence-electron chi connectivity index (χ2n) is 7.66. The molecular weight excluding hydrogens is 387 g/mol. The van der Waals surface area contributed by atoms with Gasteiger partial charge in [0.1, 0.15) is 17.4 Å². The van der Waals surface area contributed by atoms with Crippen LogP contribution in [0.2, 0.25) is 0 Å². The maximum atomic E-state index is 14.1. The predicted molar refractivity (Wildman–Crippen MR) is 112 cm³/mol. The lowest BCUT2D eigenvalue weighted by Gasteiger charge is -2.20. The molecule has 0 saturated carbocycles. The maximum Gasteiger partial charge on any atom is 0.182 e. The summed E-state index contributed by atoms with van der Waals surface area (Å²) in [6.45, 7) is 7.63. The van der Waals surface area contributed by atoms with E-state index < -0.39 is 5.72 Å². The number of halogens is 1. The zero-order chi connectivity index (χ0) is 21.5. The zero-order valence-electron chi connectivity index (χ0n) is 17.7. The first-order chi connectivity index (χ1) is 14.3. The highest BCUT2D eigenvalue weighted by Crippen LogP contribution is 2.32. The Morgan fingerprint density at radius 3 is 2.83 bits per heavy atom. The van der Waals surface area contributed by atoms with Gasteiger partial charge in [-0.25, -0.2) is 29.2 Å². The molecule has 0 aliphatic carbocycles. The number of aliphatic imine (C=N–C) groups is 1. The molecule has 3 aromatic rings. The summed E-state index contributed by atoms with van der Waals surface area (Å²) in [6, 6.07) is 4.59. The molecule has 4 rings (SSSR count). The van der Waals surface area contributed by atoms with Crippen molar-refractivity contribution in [2.45, 2.75) is 45.9 Å². The van der Waals surface area contributed by atoms with Crippen molar-refractivity contribution < 1.29 is 14.0 Å². The first-order valence-corrected chi connectivity index (χ1v) is 9.82. The number of nitrogens with one attached hydrogen (secondary N) is 2. The molecule has 2 N–H and O–H groups in total. The molecule has 3 heterocycles. The number of hydrogen-bond acceptors (Lipinski definition) is 7. The van der Waals surface area contributed by atoms with Crippen molar-refractivity contribution in [1.82, 2.24) is 20.1 Å². The standard InChI is InChI=1S/C21H25FN6O2/c1-6-13-9-14(22)10-15(18(13)29-5)12(2)24-17-7-8-28-20(25-17)16(11-23-28)19-26-21(3,4)30-27-19/h7-12H,6H2,1-5H3,(H,24,25)(H,26,27)/t12-/m1/s1. The Morgan fingerprint density at radius 1 is 1.37 bits per heavy atom. The zero-order valence-corrected chi connectivity index (χ0v) is 17.7. The fourth-order valence-electron chi connectivity index (χ4n) is 3.53. The molecular formula is C21H25FN6O2. The van der Waals surface area contributed by atoms with Gasteiger partial charge in [0.05, 0.1) is 24.9 Å². The number of ether oxygens (including phenoxy) is 1.